The first kappa shape index (κ1) is 15.5. The second-order valence-electron chi connectivity index (χ2n) is 5.69. The molecule has 2 heterocycles. The van der Waals surface area contributed by atoms with Crippen LogP contribution in [0.5, 0.6) is 0 Å². The number of hydrogen-bond donors (Lipinski definition) is 2. The monoisotopic (exact) mass is 317 g/mol. The third kappa shape index (κ3) is 2.64. The highest BCUT2D eigenvalue weighted by Crippen LogP contribution is 2.44. The second kappa shape index (κ2) is 6.77. The minimum atomic E-state index is 0.108. The average molecular weight is 317 g/mol. The van der Waals surface area contributed by atoms with Gasteiger partial charge in [0.2, 0.25) is 0 Å². The van der Waals surface area contributed by atoms with E-state index in [1.165, 1.54) is 5.56 Å². The minimum absolute atomic E-state index is 0.108. The van der Waals surface area contributed by atoms with Crippen LogP contribution in [0.3, 0.4) is 0 Å². The maximum Gasteiger partial charge on any atom is 0.186 e. The van der Waals surface area contributed by atoms with E-state index in [1.54, 1.807) is 11.3 Å². The summed E-state index contributed by atoms with van der Waals surface area (Å²) in [5.41, 5.74) is 2.42. The number of aliphatic hydroxyl groups excluding tert-OH is 1. The summed E-state index contributed by atoms with van der Waals surface area (Å²) in [7, 11) is 1.98. The summed E-state index contributed by atoms with van der Waals surface area (Å²) >= 11 is 1.68. The first-order chi connectivity index (χ1) is 10.8. The Morgan fingerprint density at radius 3 is 2.64 bits per heavy atom. The van der Waals surface area contributed by atoms with Gasteiger partial charge in [0.25, 0.3) is 0 Å². The van der Waals surface area contributed by atoms with Crippen molar-refractivity contribution in [2.24, 2.45) is 0 Å². The van der Waals surface area contributed by atoms with Crippen LogP contribution >= 0.6 is 11.3 Å². The van der Waals surface area contributed by atoms with Crippen molar-refractivity contribution in [2.75, 3.05) is 25.1 Å². The van der Waals surface area contributed by atoms with Crippen molar-refractivity contribution < 1.29 is 5.11 Å². The Labute approximate surface area is 135 Å². The van der Waals surface area contributed by atoms with Gasteiger partial charge in [-0.1, -0.05) is 37.3 Å². The Bertz CT molecular complexity index is 601. The summed E-state index contributed by atoms with van der Waals surface area (Å²) in [6.45, 7) is 3.16. The number of aliphatic hydroxyl groups is 1. The van der Waals surface area contributed by atoms with Crippen molar-refractivity contribution in [1.82, 2.24) is 10.3 Å². The second-order valence-corrected chi connectivity index (χ2v) is 6.53. The Kier molecular flexibility index (Phi) is 4.76. The maximum absolute atomic E-state index is 9.91. The van der Waals surface area contributed by atoms with Crippen molar-refractivity contribution in [3.8, 4) is 0 Å². The number of nitrogens with zero attached hydrogens (tertiary/aromatic N) is 2. The summed E-state index contributed by atoms with van der Waals surface area (Å²) in [5, 5.41) is 16.4. The van der Waals surface area contributed by atoms with Crippen LogP contribution in [0.15, 0.2) is 35.7 Å². The van der Waals surface area contributed by atoms with Gasteiger partial charge in [-0.05, 0) is 19.0 Å². The quantitative estimate of drug-likeness (QED) is 0.858. The molecule has 118 valence electrons. The molecule has 0 spiro atoms. The first-order valence-corrected chi connectivity index (χ1v) is 8.71. The molecular formula is C17H23N3OS. The molecule has 1 aliphatic heterocycles. The van der Waals surface area contributed by atoms with E-state index in [2.05, 4.69) is 46.8 Å². The Balaban J connectivity index is 1.89. The SMILES string of the molecule is CCc1csc(N2[C@H](CO)[C@H](c3ccccc3)[C@@H]2CNC)n1. The zero-order chi connectivity index (χ0) is 15.5. The molecule has 0 bridgehead atoms. The van der Waals surface area contributed by atoms with Crippen LogP contribution < -0.4 is 10.2 Å². The fraction of sp³-hybridized carbons (Fsp3) is 0.471. The number of hydrogen-bond acceptors (Lipinski definition) is 5. The summed E-state index contributed by atoms with van der Waals surface area (Å²) in [6.07, 6.45) is 0.951. The van der Waals surface area contributed by atoms with E-state index in [4.69, 9.17) is 4.98 Å². The lowest BCUT2D eigenvalue weighted by Crippen LogP contribution is -2.67. The van der Waals surface area contributed by atoms with Crippen molar-refractivity contribution in [1.29, 1.82) is 0 Å². The molecule has 0 saturated carbocycles. The van der Waals surface area contributed by atoms with Gasteiger partial charge in [0.05, 0.1) is 24.4 Å². The summed E-state index contributed by atoms with van der Waals surface area (Å²) in [5.74, 6) is 0.340. The molecule has 4 nitrogen and oxygen atoms in total. The maximum atomic E-state index is 9.91. The molecule has 0 unspecified atom stereocenters. The van der Waals surface area contributed by atoms with E-state index in [-0.39, 0.29) is 12.6 Å². The number of likely N-dealkylation sites (N-methyl/N-ethyl adjacent to an activating group) is 1. The lowest BCUT2D eigenvalue weighted by Gasteiger charge is -2.55. The van der Waals surface area contributed by atoms with Crippen LogP contribution in [-0.4, -0.2) is 42.4 Å². The summed E-state index contributed by atoms with van der Waals surface area (Å²) in [4.78, 5) is 7.00. The van der Waals surface area contributed by atoms with Crippen LogP contribution in [0.1, 0.15) is 24.1 Å². The molecule has 1 aliphatic rings. The minimum Gasteiger partial charge on any atom is -0.394 e. The number of rotatable bonds is 6. The van der Waals surface area contributed by atoms with E-state index < -0.39 is 0 Å². The zero-order valence-corrected chi connectivity index (χ0v) is 13.9. The Morgan fingerprint density at radius 1 is 1.27 bits per heavy atom. The molecule has 3 rings (SSSR count). The van der Waals surface area contributed by atoms with Gasteiger partial charge in [0, 0.05) is 17.8 Å². The van der Waals surface area contributed by atoms with Gasteiger partial charge >= 0.3 is 0 Å². The molecule has 1 fully saturated rings. The average Bonchev–Trinajstić information content (AvgIpc) is 3.00. The molecule has 2 N–H and O–H groups in total. The number of benzene rings is 1. The smallest absolute Gasteiger partial charge is 0.186 e. The van der Waals surface area contributed by atoms with Crippen molar-refractivity contribution >= 4 is 16.5 Å². The fourth-order valence-corrected chi connectivity index (χ4v) is 4.39. The molecule has 1 aromatic carbocycles. The molecule has 22 heavy (non-hydrogen) atoms. The zero-order valence-electron chi connectivity index (χ0n) is 13.1. The van der Waals surface area contributed by atoms with E-state index in [0.717, 1.165) is 23.8 Å². The molecular weight excluding hydrogens is 294 g/mol. The highest BCUT2D eigenvalue weighted by molar-refractivity contribution is 7.13. The molecule has 0 radical (unpaired) electrons. The Morgan fingerprint density at radius 2 is 2.05 bits per heavy atom. The van der Waals surface area contributed by atoms with Gasteiger partial charge in [0.1, 0.15) is 0 Å². The Hall–Kier alpha value is -1.43. The van der Waals surface area contributed by atoms with E-state index in [1.807, 2.05) is 13.1 Å². The highest BCUT2D eigenvalue weighted by atomic mass is 32.1. The third-order valence-corrected chi connectivity index (χ3v) is 5.35. The van der Waals surface area contributed by atoms with Crippen LogP contribution in [0.4, 0.5) is 5.13 Å². The molecule has 0 aliphatic carbocycles. The van der Waals surface area contributed by atoms with E-state index in [0.29, 0.717) is 12.0 Å². The molecule has 1 aromatic heterocycles. The van der Waals surface area contributed by atoms with Crippen LogP contribution in [0.25, 0.3) is 0 Å². The normalized spacial score (nSPS) is 24.3. The topological polar surface area (TPSA) is 48.4 Å². The molecule has 2 aromatic rings. The van der Waals surface area contributed by atoms with Crippen LogP contribution in [-0.2, 0) is 6.42 Å². The number of nitrogens with one attached hydrogen (secondary N) is 1. The molecule has 3 atom stereocenters. The molecule has 0 amide bonds. The lowest BCUT2D eigenvalue weighted by atomic mass is 9.75. The number of thiazole rings is 1. The number of aryl methyl sites for hydroxylation is 1. The third-order valence-electron chi connectivity index (χ3n) is 4.45. The van der Waals surface area contributed by atoms with E-state index in [9.17, 15) is 5.11 Å². The van der Waals surface area contributed by atoms with Crippen molar-refractivity contribution in [2.45, 2.75) is 31.3 Å². The van der Waals surface area contributed by atoms with Crippen molar-refractivity contribution in [3.05, 3.63) is 47.0 Å². The first-order valence-electron chi connectivity index (χ1n) is 7.83. The lowest BCUT2D eigenvalue weighted by molar-refractivity contribution is 0.168. The molecule has 5 heteroatoms. The standard InChI is InChI=1S/C17H23N3OS/c1-3-13-11-22-17(19-13)20-14(9-18-2)16(15(20)10-21)12-7-5-4-6-8-12/h4-8,11,14-16,18,21H,3,9-10H2,1-2H3/t14-,15+,16+/m0/s1. The number of aromatic nitrogens is 1. The fourth-order valence-electron chi connectivity index (χ4n) is 3.36. The van der Waals surface area contributed by atoms with Gasteiger partial charge in [-0.15, -0.1) is 11.3 Å². The summed E-state index contributed by atoms with van der Waals surface area (Å²) in [6, 6.07) is 10.9. The number of anilines is 1. The van der Waals surface area contributed by atoms with Crippen LogP contribution in [0, 0.1) is 0 Å². The van der Waals surface area contributed by atoms with E-state index >= 15 is 0 Å². The highest BCUT2D eigenvalue weighted by Gasteiger charge is 2.49. The predicted octanol–water partition coefficient (Wildman–Crippen LogP) is 2.26. The summed E-state index contributed by atoms with van der Waals surface area (Å²) < 4.78 is 0. The largest absolute Gasteiger partial charge is 0.394 e. The predicted molar refractivity (Wildman–Crippen MR) is 91.7 cm³/mol. The van der Waals surface area contributed by atoms with Gasteiger partial charge in [0.15, 0.2) is 5.13 Å². The molecule has 1 saturated heterocycles. The van der Waals surface area contributed by atoms with Gasteiger partial charge in [-0.25, -0.2) is 4.98 Å². The van der Waals surface area contributed by atoms with Crippen molar-refractivity contribution in [3.63, 3.8) is 0 Å². The van der Waals surface area contributed by atoms with Gasteiger partial charge in [-0.3, -0.25) is 0 Å². The van der Waals surface area contributed by atoms with Gasteiger partial charge < -0.3 is 15.3 Å². The van der Waals surface area contributed by atoms with Crippen LogP contribution in [0.2, 0.25) is 0 Å². The van der Waals surface area contributed by atoms with Gasteiger partial charge in [-0.2, -0.15) is 0 Å².